The fourth-order valence-electron chi connectivity index (χ4n) is 2.25. The molecule has 1 aliphatic heterocycles. The van der Waals surface area contributed by atoms with Crippen LogP contribution in [0.15, 0.2) is 30.3 Å². The Labute approximate surface area is 108 Å². The molecule has 1 atom stereocenters. The molecule has 0 radical (unpaired) electrons. The van der Waals surface area contributed by atoms with Gasteiger partial charge in [-0.3, -0.25) is 4.79 Å². The second kappa shape index (κ2) is 5.08. The van der Waals surface area contributed by atoms with Crippen LogP contribution in [-0.2, 0) is 10.3 Å². The van der Waals surface area contributed by atoms with Crippen molar-refractivity contribution in [3.63, 3.8) is 0 Å². The average Bonchev–Trinajstić information content (AvgIpc) is 2.40. The summed E-state index contributed by atoms with van der Waals surface area (Å²) in [6.45, 7) is 5.14. The van der Waals surface area contributed by atoms with Gasteiger partial charge in [0.1, 0.15) is 5.54 Å². The van der Waals surface area contributed by atoms with E-state index < -0.39 is 5.54 Å². The summed E-state index contributed by atoms with van der Waals surface area (Å²) in [5.74, 6) is 0.0156. The van der Waals surface area contributed by atoms with Crippen molar-refractivity contribution in [2.45, 2.75) is 12.5 Å². The third-order valence-electron chi connectivity index (χ3n) is 3.61. The second-order valence-corrected chi connectivity index (χ2v) is 5.16. The number of likely N-dealkylation sites (N-methyl/N-ethyl adjacent to an activating group) is 1. The van der Waals surface area contributed by atoms with E-state index >= 15 is 0 Å². The second-order valence-electron chi connectivity index (χ2n) is 5.16. The van der Waals surface area contributed by atoms with Gasteiger partial charge >= 0.3 is 0 Å². The Hall–Kier alpha value is -1.39. The maximum absolute atomic E-state index is 12.5. The van der Waals surface area contributed by atoms with Gasteiger partial charge in [0.25, 0.3) is 0 Å². The van der Waals surface area contributed by atoms with Crippen LogP contribution < -0.4 is 5.73 Å². The van der Waals surface area contributed by atoms with Crippen LogP contribution in [0.4, 0.5) is 0 Å². The Morgan fingerprint density at radius 3 is 2.28 bits per heavy atom. The molecule has 1 amide bonds. The summed E-state index contributed by atoms with van der Waals surface area (Å²) < 4.78 is 0. The molecule has 1 aromatic rings. The normalized spacial score (nSPS) is 20.5. The van der Waals surface area contributed by atoms with Crippen LogP contribution in [0.25, 0.3) is 0 Å². The molecular formula is C14H21N3O. The van der Waals surface area contributed by atoms with E-state index in [9.17, 15) is 4.79 Å². The highest BCUT2D eigenvalue weighted by Gasteiger charge is 2.35. The molecule has 0 saturated carbocycles. The number of hydrogen-bond acceptors (Lipinski definition) is 3. The molecule has 0 bridgehead atoms. The fourth-order valence-corrected chi connectivity index (χ4v) is 2.25. The van der Waals surface area contributed by atoms with Crippen molar-refractivity contribution in [1.29, 1.82) is 0 Å². The molecule has 0 aliphatic carbocycles. The molecule has 2 rings (SSSR count). The number of nitrogens with zero attached hydrogens (tertiary/aromatic N) is 2. The lowest BCUT2D eigenvalue weighted by molar-refractivity contribution is -0.138. The van der Waals surface area contributed by atoms with Gasteiger partial charge in [-0.25, -0.2) is 0 Å². The van der Waals surface area contributed by atoms with Crippen LogP contribution in [0.3, 0.4) is 0 Å². The monoisotopic (exact) mass is 247 g/mol. The van der Waals surface area contributed by atoms with E-state index in [1.807, 2.05) is 35.2 Å². The SMILES string of the molecule is CN1CCN(C(=O)C(C)(N)c2ccccc2)CC1. The summed E-state index contributed by atoms with van der Waals surface area (Å²) in [4.78, 5) is 16.6. The molecule has 1 fully saturated rings. The molecule has 4 heteroatoms. The van der Waals surface area contributed by atoms with Crippen molar-refractivity contribution in [3.8, 4) is 0 Å². The smallest absolute Gasteiger partial charge is 0.247 e. The molecule has 0 aromatic heterocycles. The lowest BCUT2D eigenvalue weighted by Crippen LogP contribution is -2.56. The summed E-state index contributed by atoms with van der Waals surface area (Å²) in [5, 5.41) is 0. The lowest BCUT2D eigenvalue weighted by atomic mass is 9.91. The molecule has 2 N–H and O–H groups in total. The largest absolute Gasteiger partial charge is 0.338 e. The van der Waals surface area contributed by atoms with Crippen LogP contribution >= 0.6 is 0 Å². The molecule has 4 nitrogen and oxygen atoms in total. The quantitative estimate of drug-likeness (QED) is 0.834. The maximum Gasteiger partial charge on any atom is 0.247 e. The van der Waals surface area contributed by atoms with Gasteiger partial charge in [-0.1, -0.05) is 30.3 Å². The number of carbonyl (C=O) groups is 1. The number of benzene rings is 1. The van der Waals surface area contributed by atoms with Gasteiger partial charge in [0.2, 0.25) is 5.91 Å². The van der Waals surface area contributed by atoms with Crippen LogP contribution in [-0.4, -0.2) is 48.9 Å². The molecule has 1 aromatic carbocycles. The van der Waals surface area contributed by atoms with E-state index in [1.54, 1.807) is 6.92 Å². The predicted molar refractivity (Wildman–Crippen MR) is 72.1 cm³/mol. The van der Waals surface area contributed by atoms with E-state index in [2.05, 4.69) is 11.9 Å². The number of nitrogens with two attached hydrogens (primary N) is 1. The Bertz CT molecular complexity index is 408. The molecular weight excluding hydrogens is 226 g/mol. The fraction of sp³-hybridized carbons (Fsp3) is 0.500. The molecule has 18 heavy (non-hydrogen) atoms. The van der Waals surface area contributed by atoms with Crippen molar-refractivity contribution in [1.82, 2.24) is 9.80 Å². The molecule has 1 heterocycles. The van der Waals surface area contributed by atoms with E-state index in [0.29, 0.717) is 0 Å². The van der Waals surface area contributed by atoms with Crippen LogP contribution in [0, 0.1) is 0 Å². The topological polar surface area (TPSA) is 49.6 Å². The zero-order valence-electron chi connectivity index (χ0n) is 11.1. The van der Waals surface area contributed by atoms with Gasteiger partial charge in [-0.15, -0.1) is 0 Å². The van der Waals surface area contributed by atoms with E-state index in [1.165, 1.54) is 0 Å². The summed E-state index contributed by atoms with van der Waals surface area (Å²) in [6.07, 6.45) is 0. The summed E-state index contributed by atoms with van der Waals surface area (Å²) >= 11 is 0. The van der Waals surface area contributed by atoms with Crippen LogP contribution in [0.1, 0.15) is 12.5 Å². The van der Waals surface area contributed by atoms with Gasteiger partial charge in [0.05, 0.1) is 0 Å². The predicted octanol–water partition coefficient (Wildman–Crippen LogP) is 0.634. The average molecular weight is 247 g/mol. The van der Waals surface area contributed by atoms with Crippen molar-refractivity contribution in [3.05, 3.63) is 35.9 Å². The minimum Gasteiger partial charge on any atom is -0.338 e. The van der Waals surface area contributed by atoms with E-state index in [0.717, 1.165) is 31.7 Å². The summed E-state index contributed by atoms with van der Waals surface area (Å²) in [5.41, 5.74) is 6.18. The lowest BCUT2D eigenvalue weighted by Gasteiger charge is -2.37. The molecule has 1 saturated heterocycles. The molecule has 98 valence electrons. The van der Waals surface area contributed by atoms with E-state index in [4.69, 9.17) is 5.73 Å². The number of piperazine rings is 1. The highest BCUT2D eigenvalue weighted by Crippen LogP contribution is 2.20. The Morgan fingerprint density at radius 2 is 1.72 bits per heavy atom. The van der Waals surface area contributed by atoms with Crippen molar-refractivity contribution in [2.75, 3.05) is 33.2 Å². The number of rotatable bonds is 2. The first-order chi connectivity index (χ1) is 8.51. The zero-order chi connectivity index (χ0) is 13.2. The van der Waals surface area contributed by atoms with Crippen LogP contribution in [0.2, 0.25) is 0 Å². The summed E-state index contributed by atoms with van der Waals surface area (Å²) in [6, 6.07) is 9.58. The van der Waals surface area contributed by atoms with E-state index in [-0.39, 0.29) is 5.91 Å². The Balaban J connectivity index is 2.13. The Morgan fingerprint density at radius 1 is 1.17 bits per heavy atom. The number of carbonyl (C=O) groups excluding carboxylic acids is 1. The van der Waals surface area contributed by atoms with Gasteiger partial charge < -0.3 is 15.5 Å². The first-order valence-electron chi connectivity index (χ1n) is 6.34. The van der Waals surface area contributed by atoms with Gasteiger partial charge in [-0.05, 0) is 19.5 Å². The first kappa shape index (κ1) is 13.1. The minimum atomic E-state index is -0.933. The summed E-state index contributed by atoms with van der Waals surface area (Å²) in [7, 11) is 2.07. The third kappa shape index (κ3) is 2.54. The van der Waals surface area contributed by atoms with Crippen molar-refractivity contribution in [2.24, 2.45) is 5.73 Å². The highest BCUT2D eigenvalue weighted by atomic mass is 16.2. The van der Waals surface area contributed by atoms with Crippen molar-refractivity contribution < 1.29 is 4.79 Å². The highest BCUT2D eigenvalue weighted by molar-refractivity contribution is 5.87. The third-order valence-corrected chi connectivity index (χ3v) is 3.61. The van der Waals surface area contributed by atoms with Crippen LogP contribution in [0.5, 0.6) is 0 Å². The first-order valence-corrected chi connectivity index (χ1v) is 6.34. The van der Waals surface area contributed by atoms with Crippen molar-refractivity contribution >= 4 is 5.91 Å². The molecule has 1 unspecified atom stereocenters. The zero-order valence-corrected chi connectivity index (χ0v) is 11.1. The van der Waals surface area contributed by atoms with Gasteiger partial charge in [0.15, 0.2) is 0 Å². The standard InChI is InChI=1S/C14H21N3O/c1-14(15,12-6-4-3-5-7-12)13(18)17-10-8-16(2)9-11-17/h3-7H,8-11,15H2,1-2H3. The van der Waals surface area contributed by atoms with Gasteiger partial charge in [0, 0.05) is 26.2 Å². The van der Waals surface area contributed by atoms with Gasteiger partial charge in [-0.2, -0.15) is 0 Å². The molecule has 1 aliphatic rings. The minimum absolute atomic E-state index is 0.0156. The number of hydrogen-bond donors (Lipinski definition) is 1. The Kier molecular flexibility index (Phi) is 3.68. The maximum atomic E-state index is 12.5. The number of amides is 1. The molecule has 0 spiro atoms.